The molecular weight excluding hydrogens is 586 g/mol. The molecule has 1 atom stereocenters. The number of aryl methyl sites for hydroxylation is 1. The number of amides is 2. The highest BCUT2D eigenvalue weighted by Crippen LogP contribution is 2.31. The van der Waals surface area contributed by atoms with Crippen LogP contribution >= 0.6 is 11.6 Å². The van der Waals surface area contributed by atoms with Gasteiger partial charge in [0.25, 0.3) is 21.8 Å². The molecule has 2 amide bonds. The van der Waals surface area contributed by atoms with Crippen LogP contribution in [0.3, 0.4) is 0 Å². The van der Waals surface area contributed by atoms with Crippen molar-refractivity contribution in [1.29, 1.82) is 0 Å². The standard InChI is InChI=1S/C33H32ClN3O5S/c1-23-13-18-26(34)20-31(23)37(43(40,41)28-9-3-2-4-10-28)22-24-14-16-25(17-15-24)32(38)36-30-12-6-5-11-29(30)33(39)35-21-27-8-7-19-42-27/h2-6,9-18,20,27H,7-8,19,21-22H2,1H3,(H,35,39)(H,36,38)/t27-/m0/s1. The number of rotatable bonds is 10. The molecule has 0 aliphatic carbocycles. The summed E-state index contributed by atoms with van der Waals surface area (Å²) in [7, 11) is -3.93. The second kappa shape index (κ2) is 13.4. The molecule has 0 unspecified atom stereocenters. The largest absolute Gasteiger partial charge is 0.376 e. The molecule has 0 radical (unpaired) electrons. The second-order valence-electron chi connectivity index (χ2n) is 10.3. The first-order valence-electron chi connectivity index (χ1n) is 14.0. The third kappa shape index (κ3) is 7.25. The van der Waals surface area contributed by atoms with Crippen molar-refractivity contribution in [3.8, 4) is 0 Å². The first-order valence-corrected chi connectivity index (χ1v) is 15.8. The summed E-state index contributed by atoms with van der Waals surface area (Å²) in [5.74, 6) is -0.692. The maximum absolute atomic E-state index is 13.8. The van der Waals surface area contributed by atoms with Gasteiger partial charge in [-0.1, -0.05) is 60.1 Å². The van der Waals surface area contributed by atoms with E-state index < -0.39 is 15.9 Å². The van der Waals surface area contributed by atoms with Gasteiger partial charge in [-0.15, -0.1) is 0 Å². The van der Waals surface area contributed by atoms with Crippen LogP contribution in [0.4, 0.5) is 11.4 Å². The van der Waals surface area contributed by atoms with E-state index in [0.29, 0.717) is 46.2 Å². The zero-order valence-electron chi connectivity index (χ0n) is 23.6. The van der Waals surface area contributed by atoms with E-state index >= 15 is 0 Å². The Morgan fingerprint density at radius 2 is 1.65 bits per heavy atom. The lowest BCUT2D eigenvalue weighted by Gasteiger charge is -2.26. The third-order valence-corrected chi connectivity index (χ3v) is 9.26. The number of hydrogen-bond acceptors (Lipinski definition) is 5. The summed E-state index contributed by atoms with van der Waals surface area (Å²) in [5, 5.41) is 6.13. The zero-order chi connectivity index (χ0) is 30.4. The van der Waals surface area contributed by atoms with E-state index in [1.54, 1.807) is 97.1 Å². The van der Waals surface area contributed by atoms with E-state index in [2.05, 4.69) is 10.6 Å². The Morgan fingerprint density at radius 1 is 0.930 bits per heavy atom. The molecule has 0 saturated carbocycles. The summed E-state index contributed by atoms with van der Waals surface area (Å²) in [4.78, 5) is 26.2. The SMILES string of the molecule is Cc1ccc(Cl)cc1N(Cc1ccc(C(=O)Nc2ccccc2C(=O)NC[C@@H]2CCCO2)cc1)S(=O)(=O)c1ccccc1. The van der Waals surface area contributed by atoms with E-state index in [1.807, 2.05) is 6.92 Å². The van der Waals surface area contributed by atoms with Crippen LogP contribution in [0.1, 0.15) is 44.7 Å². The van der Waals surface area contributed by atoms with Crippen molar-refractivity contribution in [2.75, 3.05) is 22.8 Å². The zero-order valence-corrected chi connectivity index (χ0v) is 25.2. The normalized spacial score (nSPS) is 14.7. The third-order valence-electron chi connectivity index (χ3n) is 7.25. The van der Waals surface area contributed by atoms with Crippen LogP contribution in [0.25, 0.3) is 0 Å². The lowest BCUT2D eigenvalue weighted by Crippen LogP contribution is -2.32. The van der Waals surface area contributed by atoms with Crippen molar-refractivity contribution in [3.05, 3.63) is 124 Å². The molecule has 1 fully saturated rings. The van der Waals surface area contributed by atoms with E-state index in [4.69, 9.17) is 16.3 Å². The van der Waals surface area contributed by atoms with Gasteiger partial charge in [0, 0.05) is 23.7 Å². The number of anilines is 2. The maximum atomic E-state index is 13.8. The number of carbonyl (C=O) groups is 2. The predicted molar refractivity (Wildman–Crippen MR) is 168 cm³/mol. The molecule has 10 heteroatoms. The number of nitrogens with one attached hydrogen (secondary N) is 2. The Kier molecular flexibility index (Phi) is 9.45. The number of carbonyl (C=O) groups excluding carboxylic acids is 2. The molecule has 4 aromatic carbocycles. The molecule has 5 rings (SSSR count). The van der Waals surface area contributed by atoms with Gasteiger partial charge in [0.1, 0.15) is 0 Å². The van der Waals surface area contributed by atoms with Crippen molar-refractivity contribution in [2.24, 2.45) is 0 Å². The van der Waals surface area contributed by atoms with Crippen molar-refractivity contribution < 1.29 is 22.7 Å². The predicted octanol–water partition coefficient (Wildman–Crippen LogP) is 6.21. The fourth-order valence-electron chi connectivity index (χ4n) is 4.89. The molecule has 4 aromatic rings. The van der Waals surface area contributed by atoms with Gasteiger partial charge in [0.2, 0.25) is 0 Å². The van der Waals surface area contributed by atoms with Crippen LogP contribution in [0.15, 0.2) is 102 Å². The van der Waals surface area contributed by atoms with Crippen LogP contribution < -0.4 is 14.9 Å². The summed E-state index contributed by atoms with van der Waals surface area (Å²) in [5.41, 5.74) is 2.98. The lowest BCUT2D eigenvalue weighted by atomic mass is 10.1. The van der Waals surface area contributed by atoms with Crippen LogP contribution in [0.5, 0.6) is 0 Å². The van der Waals surface area contributed by atoms with Gasteiger partial charge in [-0.05, 0) is 79.4 Å². The number of ether oxygens (including phenoxy) is 1. The number of hydrogen-bond donors (Lipinski definition) is 2. The van der Waals surface area contributed by atoms with Crippen molar-refractivity contribution >= 4 is 44.8 Å². The average molecular weight is 618 g/mol. The molecule has 0 spiro atoms. The molecule has 1 heterocycles. The lowest BCUT2D eigenvalue weighted by molar-refractivity contribution is 0.0858. The topological polar surface area (TPSA) is 105 Å². The van der Waals surface area contributed by atoms with Crippen LogP contribution in [-0.2, 0) is 21.3 Å². The first-order chi connectivity index (χ1) is 20.7. The Balaban J connectivity index is 1.33. The molecule has 1 saturated heterocycles. The number of nitrogens with zero attached hydrogens (tertiary/aromatic N) is 1. The Hall–Kier alpha value is -4.18. The Morgan fingerprint density at radius 3 is 2.37 bits per heavy atom. The van der Waals surface area contributed by atoms with Gasteiger partial charge in [-0.3, -0.25) is 13.9 Å². The quantitative estimate of drug-likeness (QED) is 0.220. The fourth-order valence-corrected chi connectivity index (χ4v) is 6.59. The van der Waals surface area contributed by atoms with Gasteiger partial charge in [-0.2, -0.15) is 0 Å². The minimum absolute atomic E-state index is 0.00520. The number of para-hydroxylation sites is 1. The molecule has 0 bridgehead atoms. The smallest absolute Gasteiger partial charge is 0.264 e. The summed E-state index contributed by atoms with van der Waals surface area (Å²) in [6.45, 7) is 2.96. The number of benzene rings is 4. The molecule has 1 aliphatic heterocycles. The van der Waals surface area contributed by atoms with E-state index in [1.165, 1.54) is 4.31 Å². The highest BCUT2D eigenvalue weighted by atomic mass is 35.5. The van der Waals surface area contributed by atoms with Gasteiger partial charge in [-0.25, -0.2) is 8.42 Å². The minimum Gasteiger partial charge on any atom is -0.376 e. The fraction of sp³-hybridized carbons (Fsp3) is 0.212. The molecule has 1 aliphatic rings. The summed E-state index contributed by atoms with van der Waals surface area (Å²) in [6, 6.07) is 26.8. The molecule has 43 heavy (non-hydrogen) atoms. The highest BCUT2D eigenvalue weighted by molar-refractivity contribution is 7.92. The molecular formula is C33H32ClN3O5S. The van der Waals surface area contributed by atoms with Crippen molar-refractivity contribution in [3.63, 3.8) is 0 Å². The van der Waals surface area contributed by atoms with E-state index in [-0.39, 0.29) is 23.5 Å². The summed E-state index contributed by atoms with van der Waals surface area (Å²) in [6.07, 6.45) is 1.89. The monoisotopic (exact) mass is 617 g/mol. The summed E-state index contributed by atoms with van der Waals surface area (Å²) < 4.78 is 34.4. The first kappa shape index (κ1) is 30.3. The van der Waals surface area contributed by atoms with E-state index in [9.17, 15) is 18.0 Å². The van der Waals surface area contributed by atoms with Crippen LogP contribution in [-0.4, -0.2) is 39.5 Å². The molecule has 2 N–H and O–H groups in total. The van der Waals surface area contributed by atoms with Crippen LogP contribution in [0, 0.1) is 6.92 Å². The van der Waals surface area contributed by atoms with Crippen molar-refractivity contribution in [2.45, 2.75) is 37.3 Å². The molecule has 0 aromatic heterocycles. The van der Waals surface area contributed by atoms with E-state index in [0.717, 1.165) is 18.4 Å². The second-order valence-corrected chi connectivity index (χ2v) is 12.6. The molecule has 222 valence electrons. The molecule has 8 nitrogen and oxygen atoms in total. The van der Waals surface area contributed by atoms with Gasteiger partial charge >= 0.3 is 0 Å². The van der Waals surface area contributed by atoms with Gasteiger partial charge < -0.3 is 15.4 Å². The number of sulfonamides is 1. The van der Waals surface area contributed by atoms with Crippen molar-refractivity contribution in [1.82, 2.24) is 5.32 Å². The highest BCUT2D eigenvalue weighted by Gasteiger charge is 2.27. The number of halogens is 1. The summed E-state index contributed by atoms with van der Waals surface area (Å²) >= 11 is 6.26. The Labute approximate surface area is 256 Å². The minimum atomic E-state index is -3.93. The van der Waals surface area contributed by atoms with Crippen LogP contribution in [0.2, 0.25) is 5.02 Å². The van der Waals surface area contributed by atoms with Gasteiger partial charge in [0.05, 0.1) is 34.5 Å². The average Bonchev–Trinajstić information content (AvgIpc) is 3.55. The maximum Gasteiger partial charge on any atom is 0.264 e. The Bertz CT molecular complexity index is 1710. The van der Waals surface area contributed by atoms with Gasteiger partial charge in [0.15, 0.2) is 0 Å².